The average Bonchev–Trinajstić information content (AvgIpc) is 3.42. The van der Waals surface area contributed by atoms with Crippen LogP contribution in [0.4, 0.5) is 5.69 Å². The number of fused-ring (bicyclic) bond motifs is 2. The number of allylic oxidation sites excluding steroid dienone is 2. The zero-order valence-corrected chi connectivity index (χ0v) is 30.3. The topological polar surface area (TPSA) is 49.7 Å². The summed E-state index contributed by atoms with van der Waals surface area (Å²) in [6, 6.07) is 33.8. The number of carbonyl (C=O) groups excluding carboxylic acids is 1. The summed E-state index contributed by atoms with van der Waals surface area (Å²) in [4.78, 5) is 16.8. The summed E-state index contributed by atoms with van der Waals surface area (Å²) in [6.45, 7) is 15.0. The summed E-state index contributed by atoms with van der Waals surface area (Å²) in [5.74, 6) is 0.547. The summed E-state index contributed by atoms with van der Waals surface area (Å²) >= 11 is 0. The molecule has 0 aliphatic carbocycles. The van der Waals surface area contributed by atoms with E-state index in [4.69, 9.17) is 4.99 Å². The molecule has 1 N–H and O–H groups in total. The van der Waals surface area contributed by atoms with E-state index in [1.807, 2.05) is 27.7 Å². The second-order valence-electron chi connectivity index (χ2n) is 12.8. The molecule has 4 aromatic carbocycles. The number of para-hydroxylation sites is 1. The van der Waals surface area contributed by atoms with Crippen molar-refractivity contribution in [2.45, 2.75) is 79.6 Å². The molecule has 1 aliphatic rings. The van der Waals surface area contributed by atoms with Crippen LogP contribution in [0.5, 0.6) is 0 Å². The molecule has 0 saturated heterocycles. The fourth-order valence-electron chi connectivity index (χ4n) is 6.14. The van der Waals surface area contributed by atoms with Gasteiger partial charge in [-0.2, -0.15) is 0 Å². The number of hydrogen-bond donors (Lipinski definition) is 1. The zero-order valence-electron chi connectivity index (χ0n) is 27.9. The summed E-state index contributed by atoms with van der Waals surface area (Å²) in [5, 5.41) is 12.2. The van der Waals surface area contributed by atoms with E-state index < -0.39 is 0 Å². The van der Waals surface area contributed by atoms with Crippen molar-refractivity contribution < 1.29 is 30.0 Å². The van der Waals surface area contributed by atoms with Crippen molar-refractivity contribution in [2.75, 3.05) is 0 Å². The fraction of sp³-hybridized carbons (Fsp3) is 0.350. The molecule has 0 fully saturated rings. The third-order valence-corrected chi connectivity index (χ3v) is 8.84. The Kier molecular flexibility index (Phi) is 13.1. The van der Waals surface area contributed by atoms with Crippen molar-refractivity contribution in [1.82, 2.24) is 0 Å². The van der Waals surface area contributed by atoms with Crippen molar-refractivity contribution in [3.63, 3.8) is 0 Å². The van der Waals surface area contributed by atoms with Crippen LogP contribution in [-0.2, 0) is 30.3 Å². The van der Waals surface area contributed by atoms with Gasteiger partial charge in [0.2, 0.25) is 6.71 Å². The number of benzene rings is 4. The number of aliphatic hydroxyl groups is 1. The number of rotatable bonds is 9. The van der Waals surface area contributed by atoms with Crippen LogP contribution in [0.2, 0.25) is 0 Å². The van der Waals surface area contributed by atoms with E-state index in [1.54, 1.807) is 0 Å². The van der Waals surface area contributed by atoms with E-state index in [-0.39, 0.29) is 55.6 Å². The normalized spacial score (nSPS) is 12.9. The first-order chi connectivity index (χ1) is 21.1. The smallest absolute Gasteiger partial charge is 0.226 e. The minimum absolute atomic E-state index is 0. The largest absolute Gasteiger partial charge is 0.512 e. The molecule has 5 heteroatoms. The number of carbonyl (C=O) groups is 1. The van der Waals surface area contributed by atoms with Gasteiger partial charge < -0.3 is 5.11 Å². The van der Waals surface area contributed by atoms with Crippen molar-refractivity contribution in [1.29, 1.82) is 0 Å². The zero-order chi connectivity index (χ0) is 31.9. The van der Waals surface area contributed by atoms with Gasteiger partial charge in [0.15, 0.2) is 5.78 Å². The fourth-order valence-corrected chi connectivity index (χ4v) is 6.14. The molecule has 45 heavy (non-hydrogen) atoms. The van der Waals surface area contributed by atoms with Gasteiger partial charge in [0.1, 0.15) is 0 Å². The Bertz CT molecular complexity index is 1630. The van der Waals surface area contributed by atoms with Crippen molar-refractivity contribution >= 4 is 45.5 Å². The molecule has 237 valence electrons. The van der Waals surface area contributed by atoms with Crippen molar-refractivity contribution in [2.24, 2.45) is 16.8 Å². The Labute approximate surface area is 284 Å². The second-order valence-corrected chi connectivity index (χ2v) is 12.8. The number of aliphatic hydroxyl groups excluding tert-OH is 1. The standard InChI is InChI=1S/C27H23BN.C13H24O2.Ir/c1-27(2,3)23-18-20(17-19-11-7-8-14-22(19)23)26-28(21-12-5-4-6-13-21)24-15-9-10-16-25(24)29-26;1-5-10(6-2)12(14)9-13(15)11(7-3)8-4;/h4-16,18H,1-3H3;9-11,14H,5-8H2,1-4H3;/q-1;;/b;12-9-;. The Hall–Kier alpha value is -3.27. The Morgan fingerprint density at radius 3 is 2.04 bits per heavy atom. The third-order valence-electron chi connectivity index (χ3n) is 8.84. The Balaban J connectivity index is 0.000000297. The first-order valence-corrected chi connectivity index (χ1v) is 16.2. The SMILES string of the molecule is CC(C)(C)c1cc(C2=Nc3ccccc3B2c2ccccc2)[c-]c2ccccc12.CCC(CC)C(=O)/C=C(\O)C(CC)CC.[Ir]. The van der Waals surface area contributed by atoms with Crippen LogP contribution < -0.4 is 10.9 Å². The van der Waals surface area contributed by atoms with E-state index in [1.165, 1.54) is 28.0 Å². The molecule has 3 nitrogen and oxygen atoms in total. The number of nitrogens with zero attached hydrogens (tertiary/aromatic N) is 1. The van der Waals surface area contributed by atoms with E-state index in [2.05, 4.69) is 112 Å². The molecule has 0 spiro atoms. The molecule has 0 bridgehead atoms. The third kappa shape index (κ3) is 8.51. The van der Waals surface area contributed by atoms with Crippen LogP contribution >= 0.6 is 0 Å². The van der Waals surface area contributed by atoms with E-state index in [0.717, 1.165) is 47.9 Å². The van der Waals surface area contributed by atoms with Gasteiger partial charge in [0.05, 0.1) is 5.76 Å². The molecule has 0 amide bonds. The van der Waals surface area contributed by atoms with Crippen LogP contribution in [0.25, 0.3) is 10.8 Å². The van der Waals surface area contributed by atoms with Gasteiger partial charge in [-0.3, -0.25) is 9.79 Å². The molecule has 4 aromatic rings. The quantitative estimate of drug-likeness (QED) is 0.0799. The van der Waals surface area contributed by atoms with Crippen molar-refractivity contribution in [3.8, 4) is 0 Å². The number of ketones is 1. The number of aliphatic imine (C=N–C) groups is 1. The van der Waals surface area contributed by atoms with Gasteiger partial charge in [0, 0.05) is 43.7 Å². The van der Waals surface area contributed by atoms with E-state index >= 15 is 0 Å². The Morgan fingerprint density at radius 2 is 1.42 bits per heavy atom. The van der Waals surface area contributed by atoms with Gasteiger partial charge in [-0.1, -0.05) is 132 Å². The van der Waals surface area contributed by atoms with Gasteiger partial charge >= 0.3 is 0 Å². The predicted octanol–water partition coefficient (Wildman–Crippen LogP) is 9.09. The molecule has 1 heterocycles. The molecule has 5 rings (SSSR count). The molecular formula is C40H47BIrNO2-. The number of hydrogen-bond acceptors (Lipinski definition) is 3. The first-order valence-electron chi connectivity index (χ1n) is 16.2. The second kappa shape index (κ2) is 16.3. The van der Waals surface area contributed by atoms with Gasteiger partial charge in [-0.25, -0.2) is 0 Å². The molecule has 1 radical (unpaired) electrons. The molecule has 1 aliphatic heterocycles. The van der Waals surface area contributed by atoms with Gasteiger partial charge in [0.25, 0.3) is 0 Å². The predicted molar refractivity (Wildman–Crippen MR) is 189 cm³/mol. The monoisotopic (exact) mass is 777 g/mol. The van der Waals surface area contributed by atoms with Crippen LogP contribution in [0.3, 0.4) is 0 Å². The van der Waals surface area contributed by atoms with Gasteiger partial charge in [-0.05, 0) is 42.8 Å². The summed E-state index contributed by atoms with van der Waals surface area (Å²) < 4.78 is 0. The maximum absolute atomic E-state index is 11.7. The molecule has 0 atom stereocenters. The average molecular weight is 777 g/mol. The molecule has 0 aromatic heterocycles. The first kappa shape index (κ1) is 36.2. The maximum atomic E-state index is 11.7. The van der Waals surface area contributed by atoms with Crippen molar-refractivity contribution in [3.05, 3.63) is 114 Å². The molecular weight excluding hydrogens is 729 g/mol. The Morgan fingerprint density at radius 1 is 0.844 bits per heavy atom. The summed E-state index contributed by atoms with van der Waals surface area (Å²) in [6.07, 6.45) is 4.91. The summed E-state index contributed by atoms with van der Waals surface area (Å²) in [7, 11) is 0. The van der Waals surface area contributed by atoms with Gasteiger partial charge in [-0.15, -0.1) is 34.7 Å². The van der Waals surface area contributed by atoms with Crippen LogP contribution in [0.1, 0.15) is 85.3 Å². The van der Waals surface area contributed by atoms with Crippen LogP contribution in [-0.4, -0.2) is 23.2 Å². The molecule has 0 saturated carbocycles. The minimum atomic E-state index is 0. The van der Waals surface area contributed by atoms with Crippen LogP contribution in [0.15, 0.2) is 102 Å². The van der Waals surface area contributed by atoms with E-state index in [9.17, 15) is 9.90 Å². The van der Waals surface area contributed by atoms with Crippen LogP contribution in [0, 0.1) is 17.9 Å². The maximum Gasteiger partial charge on any atom is 0.226 e. The molecule has 0 unspecified atom stereocenters. The summed E-state index contributed by atoms with van der Waals surface area (Å²) in [5.41, 5.74) is 7.18. The minimum Gasteiger partial charge on any atom is -0.512 e. The van der Waals surface area contributed by atoms with E-state index in [0.29, 0.717) is 0 Å².